The lowest BCUT2D eigenvalue weighted by Gasteiger charge is -2.28. The van der Waals surface area contributed by atoms with Gasteiger partial charge in [-0.3, -0.25) is 14.5 Å². The van der Waals surface area contributed by atoms with Crippen molar-refractivity contribution < 1.29 is 9.59 Å². The molecule has 1 aromatic rings. The van der Waals surface area contributed by atoms with Crippen molar-refractivity contribution in [2.75, 3.05) is 5.73 Å². The molecule has 96 valence electrons. The van der Waals surface area contributed by atoms with E-state index in [9.17, 15) is 9.59 Å². The highest BCUT2D eigenvalue weighted by atomic mass is 79.9. The molecule has 1 aliphatic rings. The molecule has 5 heteroatoms. The molecule has 4 nitrogen and oxygen atoms in total. The van der Waals surface area contributed by atoms with Crippen molar-refractivity contribution in [1.29, 1.82) is 0 Å². The van der Waals surface area contributed by atoms with E-state index in [1.165, 1.54) is 4.90 Å². The molecule has 0 saturated carbocycles. The maximum atomic E-state index is 11.9. The Morgan fingerprint density at radius 3 is 2.50 bits per heavy atom. The summed E-state index contributed by atoms with van der Waals surface area (Å²) in [5.41, 5.74) is 7.19. The van der Waals surface area contributed by atoms with Crippen molar-refractivity contribution in [1.82, 2.24) is 4.90 Å². The molecule has 0 bridgehead atoms. The molecule has 1 aromatic carbocycles. The maximum Gasteiger partial charge on any atom is 0.229 e. The molecule has 1 fully saturated rings. The Morgan fingerprint density at radius 2 is 1.94 bits per heavy atom. The van der Waals surface area contributed by atoms with E-state index in [0.717, 1.165) is 10.0 Å². The van der Waals surface area contributed by atoms with Gasteiger partial charge in [-0.25, -0.2) is 0 Å². The smallest absolute Gasteiger partial charge is 0.229 e. The molecule has 2 N–H and O–H groups in total. The van der Waals surface area contributed by atoms with Gasteiger partial charge in [-0.1, -0.05) is 28.9 Å². The SMILES string of the molecule is CC1CC(=O)N(Cc2ccc(N)cc2Br)C(=O)C1. The van der Waals surface area contributed by atoms with Crippen LogP contribution in [0.5, 0.6) is 0 Å². The summed E-state index contributed by atoms with van der Waals surface area (Å²) < 4.78 is 0.821. The summed E-state index contributed by atoms with van der Waals surface area (Å²) in [6.45, 7) is 2.23. The number of amides is 2. The number of nitrogen functional groups attached to an aromatic ring is 1. The van der Waals surface area contributed by atoms with Gasteiger partial charge in [0.1, 0.15) is 0 Å². The highest BCUT2D eigenvalue weighted by molar-refractivity contribution is 9.10. The van der Waals surface area contributed by atoms with Gasteiger partial charge < -0.3 is 5.73 Å². The van der Waals surface area contributed by atoms with Crippen LogP contribution in [-0.4, -0.2) is 16.7 Å². The summed E-state index contributed by atoms with van der Waals surface area (Å²) in [7, 11) is 0. The van der Waals surface area contributed by atoms with Crippen LogP contribution in [0, 0.1) is 5.92 Å². The minimum Gasteiger partial charge on any atom is -0.399 e. The van der Waals surface area contributed by atoms with Crippen molar-refractivity contribution in [2.45, 2.75) is 26.3 Å². The zero-order valence-electron chi connectivity index (χ0n) is 10.1. The maximum absolute atomic E-state index is 11.9. The van der Waals surface area contributed by atoms with Crippen LogP contribution in [0.15, 0.2) is 22.7 Å². The summed E-state index contributed by atoms with van der Waals surface area (Å²) in [6, 6.07) is 5.37. The van der Waals surface area contributed by atoms with Crippen LogP contribution >= 0.6 is 15.9 Å². The van der Waals surface area contributed by atoms with E-state index in [0.29, 0.717) is 25.1 Å². The lowest BCUT2D eigenvalue weighted by atomic mass is 9.97. The second-order valence-corrected chi connectivity index (χ2v) is 5.59. The Bertz CT molecular complexity index is 484. The molecule has 0 aromatic heterocycles. The largest absolute Gasteiger partial charge is 0.399 e. The molecule has 0 radical (unpaired) electrons. The third-order valence-electron chi connectivity index (χ3n) is 3.05. The molecule has 0 unspecified atom stereocenters. The van der Waals surface area contributed by atoms with Crippen molar-refractivity contribution in [3.05, 3.63) is 28.2 Å². The third kappa shape index (κ3) is 2.72. The second kappa shape index (κ2) is 5.10. The van der Waals surface area contributed by atoms with Gasteiger partial charge in [0.15, 0.2) is 0 Å². The fourth-order valence-electron chi connectivity index (χ4n) is 2.07. The Labute approximate surface area is 114 Å². The monoisotopic (exact) mass is 310 g/mol. The first-order chi connectivity index (χ1) is 8.47. The number of hydrogen-bond acceptors (Lipinski definition) is 3. The number of rotatable bonds is 2. The van der Waals surface area contributed by atoms with Gasteiger partial charge >= 0.3 is 0 Å². The Hall–Kier alpha value is -1.36. The number of carbonyl (C=O) groups excluding carboxylic acids is 2. The van der Waals surface area contributed by atoms with E-state index < -0.39 is 0 Å². The average molecular weight is 311 g/mol. The minimum atomic E-state index is -0.0949. The van der Waals surface area contributed by atoms with E-state index in [1.54, 1.807) is 12.1 Å². The van der Waals surface area contributed by atoms with Gasteiger partial charge in [-0.15, -0.1) is 0 Å². The van der Waals surface area contributed by atoms with Crippen LogP contribution in [0.1, 0.15) is 25.3 Å². The summed E-state index contributed by atoms with van der Waals surface area (Å²) in [6.07, 6.45) is 0.886. The lowest BCUT2D eigenvalue weighted by Crippen LogP contribution is -2.42. The van der Waals surface area contributed by atoms with Crippen LogP contribution in [0.3, 0.4) is 0 Å². The first kappa shape index (κ1) is 13.1. The Balaban J connectivity index is 2.18. The zero-order chi connectivity index (χ0) is 13.3. The number of halogens is 1. The number of anilines is 1. The number of nitrogens with zero attached hydrogens (tertiary/aromatic N) is 1. The number of benzene rings is 1. The predicted molar refractivity (Wildman–Crippen MR) is 72.5 cm³/mol. The lowest BCUT2D eigenvalue weighted by molar-refractivity contribution is -0.150. The van der Waals surface area contributed by atoms with Gasteiger partial charge in [-0.2, -0.15) is 0 Å². The quantitative estimate of drug-likeness (QED) is 0.673. The molecule has 0 atom stereocenters. The summed E-state index contributed by atoms with van der Waals surface area (Å²) in [5.74, 6) is -0.0407. The standard InChI is InChI=1S/C13H15BrN2O2/c1-8-4-12(17)16(13(18)5-8)7-9-2-3-10(15)6-11(9)14/h2-3,6,8H,4-5,7,15H2,1H3. The fraction of sp³-hybridized carbons (Fsp3) is 0.385. The Kier molecular flexibility index (Phi) is 3.71. The topological polar surface area (TPSA) is 63.4 Å². The van der Waals surface area contributed by atoms with Gasteiger partial charge in [-0.05, 0) is 23.6 Å². The Morgan fingerprint density at radius 1 is 1.33 bits per heavy atom. The van der Waals surface area contributed by atoms with E-state index in [-0.39, 0.29) is 17.7 Å². The van der Waals surface area contributed by atoms with Gasteiger partial charge in [0.25, 0.3) is 0 Å². The molecule has 0 spiro atoms. The molecule has 2 amide bonds. The molecule has 2 rings (SSSR count). The van der Waals surface area contributed by atoms with Crippen LogP contribution < -0.4 is 5.73 Å². The summed E-state index contributed by atoms with van der Waals surface area (Å²) in [5, 5.41) is 0. The van der Waals surface area contributed by atoms with Gasteiger partial charge in [0.05, 0.1) is 6.54 Å². The number of carbonyl (C=O) groups is 2. The van der Waals surface area contributed by atoms with Crippen molar-refractivity contribution in [3.63, 3.8) is 0 Å². The second-order valence-electron chi connectivity index (χ2n) is 4.74. The van der Waals surface area contributed by atoms with E-state index in [4.69, 9.17) is 5.73 Å². The first-order valence-corrected chi connectivity index (χ1v) is 6.63. The van der Waals surface area contributed by atoms with Crippen LogP contribution in [0.25, 0.3) is 0 Å². The van der Waals surface area contributed by atoms with Crippen LogP contribution in [0.2, 0.25) is 0 Å². The zero-order valence-corrected chi connectivity index (χ0v) is 11.7. The summed E-state index contributed by atoms with van der Waals surface area (Å²) >= 11 is 3.40. The third-order valence-corrected chi connectivity index (χ3v) is 3.79. The van der Waals surface area contributed by atoms with E-state index >= 15 is 0 Å². The summed E-state index contributed by atoms with van der Waals surface area (Å²) in [4.78, 5) is 25.1. The van der Waals surface area contributed by atoms with Gasteiger partial charge in [0, 0.05) is 23.0 Å². The fourth-order valence-corrected chi connectivity index (χ4v) is 2.59. The number of likely N-dealkylation sites (tertiary alicyclic amines) is 1. The number of piperidine rings is 1. The van der Waals surface area contributed by atoms with E-state index in [2.05, 4.69) is 15.9 Å². The average Bonchev–Trinajstić information content (AvgIpc) is 2.25. The molecular formula is C13H15BrN2O2. The number of nitrogens with two attached hydrogens (primary N) is 1. The molecule has 1 saturated heterocycles. The van der Waals surface area contributed by atoms with Crippen molar-refractivity contribution in [3.8, 4) is 0 Å². The van der Waals surface area contributed by atoms with E-state index in [1.807, 2.05) is 13.0 Å². The van der Waals surface area contributed by atoms with Crippen molar-refractivity contribution in [2.24, 2.45) is 5.92 Å². The molecule has 1 aliphatic heterocycles. The highest BCUT2D eigenvalue weighted by Crippen LogP contribution is 2.25. The van der Waals surface area contributed by atoms with Crippen LogP contribution in [0.4, 0.5) is 5.69 Å². The minimum absolute atomic E-state index is 0.0949. The molecule has 1 heterocycles. The number of imide groups is 1. The van der Waals surface area contributed by atoms with Crippen LogP contribution in [-0.2, 0) is 16.1 Å². The first-order valence-electron chi connectivity index (χ1n) is 5.84. The molecule has 0 aliphatic carbocycles. The predicted octanol–water partition coefficient (Wildman–Crippen LogP) is 2.32. The number of hydrogen-bond donors (Lipinski definition) is 1. The normalized spacial score (nSPS) is 17.3. The van der Waals surface area contributed by atoms with Crippen molar-refractivity contribution >= 4 is 33.4 Å². The van der Waals surface area contributed by atoms with Gasteiger partial charge in [0.2, 0.25) is 11.8 Å². The molecular weight excluding hydrogens is 296 g/mol. The highest BCUT2D eigenvalue weighted by Gasteiger charge is 2.30. The molecule has 18 heavy (non-hydrogen) atoms.